The molecule has 176 valence electrons. The number of hydrogen-bond acceptors (Lipinski definition) is 8. The van der Waals surface area contributed by atoms with E-state index in [1.54, 1.807) is 6.07 Å². The van der Waals surface area contributed by atoms with Gasteiger partial charge in [0.2, 0.25) is 5.13 Å². The smallest absolute Gasteiger partial charge is 0.268 e. The van der Waals surface area contributed by atoms with Gasteiger partial charge in [-0.2, -0.15) is 5.26 Å². The van der Waals surface area contributed by atoms with E-state index in [2.05, 4.69) is 38.1 Å². The molecule has 1 N–H and O–H groups in total. The van der Waals surface area contributed by atoms with E-state index in [0.717, 1.165) is 26.3 Å². The number of nitrogens with zero attached hydrogens (tertiary/aromatic N) is 3. The molecule has 0 aliphatic rings. The molecule has 1 amide bonds. The maximum absolute atomic E-state index is 12.5. The Kier molecular flexibility index (Phi) is 9.24. The molecule has 10 heteroatoms. The normalized spacial score (nSPS) is 11.0. The van der Waals surface area contributed by atoms with Gasteiger partial charge in [0.1, 0.15) is 35.6 Å². The van der Waals surface area contributed by atoms with Gasteiger partial charge in [-0.15, -0.1) is 10.2 Å². The number of carbonyl (C=O) groups excluding carboxylic acids is 1. The van der Waals surface area contributed by atoms with Crippen LogP contribution in [0.15, 0.2) is 42.0 Å². The zero-order valence-electron chi connectivity index (χ0n) is 18.9. The van der Waals surface area contributed by atoms with E-state index in [9.17, 15) is 10.1 Å². The summed E-state index contributed by atoms with van der Waals surface area (Å²) in [5, 5.41) is 21.2. The lowest BCUT2D eigenvalue weighted by molar-refractivity contribution is -0.112. The van der Waals surface area contributed by atoms with Crippen LogP contribution in [0.2, 0.25) is 0 Å². The van der Waals surface area contributed by atoms with Crippen molar-refractivity contribution in [1.29, 1.82) is 5.26 Å². The summed E-state index contributed by atoms with van der Waals surface area (Å²) >= 11 is 3.40. The van der Waals surface area contributed by atoms with E-state index in [1.807, 2.05) is 50.2 Å². The predicted octanol–water partition coefficient (Wildman–Crippen LogP) is 5.03. The molecule has 0 saturated carbocycles. The minimum Gasteiger partial charge on any atom is -0.493 e. The Hall–Kier alpha value is -3.17. The standard InChI is InChI=1S/C24H23IN4O4S/c1-4-21-28-29-24(34-21)27-23(30)17(14-26)11-16-12-19(25)22(20(13-16)31-3)33-9-8-32-18-7-5-6-15(2)10-18/h5-7,10-13H,4,8-9H2,1-3H3,(H,27,29,30). The van der Waals surface area contributed by atoms with Crippen molar-refractivity contribution >= 4 is 51.0 Å². The fraction of sp³-hybridized carbons (Fsp3) is 0.250. The minimum atomic E-state index is -0.552. The zero-order chi connectivity index (χ0) is 24.5. The molecule has 3 rings (SSSR count). The zero-order valence-corrected chi connectivity index (χ0v) is 21.9. The summed E-state index contributed by atoms with van der Waals surface area (Å²) < 4.78 is 17.9. The highest BCUT2D eigenvalue weighted by molar-refractivity contribution is 14.1. The quantitative estimate of drug-likeness (QED) is 0.153. The number of halogens is 1. The lowest BCUT2D eigenvalue weighted by atomic mass is 10.1. The average molecular weight is 590 g/mol. The molecule has 3 aromatic rings. The molecule has 0 aliphatic heterocycles. The first-order valence-corrected chi connectivity index (χ1v) is 12.3. The van der Waals surface area contributed by atoms with Gasteiger partial charge in [-0.3, -0.25) is 10.1 Å². The second-order valence-corrected chi connectivity index (χ2v) is 9.25. The summed E-state index contributed by atoms with van der Waals surface area (Å²) in [5.74, 6) is 1.29. The number of aromatic nitrogens is 2. The summed E-state index contributed by atoms with van der Waals surface area (Å²) in [6, 6.07) is 13.3. The van der Waals surface area contributed by atoms with Crippen LogP contribution >= 0.6 is 33.9 Å². The monoisotopic (exact) mass is 590 g/mol. The second kappa shape index (κ2) is 12.3. The van der Waals surface area contributed by atoms with Gasteiger partial charge in [0, 0.05) is 0 Å². The van der Waals surface area contributed by atoms with Crippen LogP contribution in [0.1, 0.15) is 23.1 Å². The number of rotatable bonds is 10. The van der Waals surface area contributed by atoms with E-state index >= 15 is 0 Å². The molecule has 0 atom stereocenters. The molecule has 0 saturated heterocycles. The summed E-state index contributed by atoms with van der Waals surface area (Å²) in [5.41, 5.74) is 1.69. The summed E-state index contributed by atoms with van der Waals surface area (Å²) in [6.45, 7) is 4.65. The Balaban J connectivity index is 1.68. The molecule has 0 unspecified atom stereocenters. The fourth-order valence-electron chi connectivity index (χ4n) is 2.90. The van der Waals surface area contributed by atoms with Gasteiger partial charge < -0.3 is 14.2 Å². The molecular formula is C24H23IN4O4S. The van der Waals surface area contributed by atoms with Gasteiger partial charge >= 0.3 is 0 Å². The summed E-state index contributed by atoms with van der Waals surface area (Å²) in [6.07, 6.45) is 2.21. The average Bonchev–Trinajstić information content (AvgIpc) is 3.28. The van der Waals surface area contributed by atoms with Crippen LogP contribution in [-0.2, 0) is 11.2 Å². The summed E-state index contributed by atoms with van der Waals surface area (Å²) in [4.78, 5) is 12.5. The van der Waals surface area contributed by atoms with E-state index in [1.165, 1.54) is 24.5 Å². The van der Waals surface area contributed by atoms with E-state index in [-0.39, 0.29) is 5.57 Å². The van der Waals surface area contributed by atoms with Gasteiger partial charge in [-0.25, -0.2) is 0 Å². The van der Waals surface area contributed by atoms with Crippen LogP contribution < -0.4 is 19.5 Å². The topological polar surface area (TPSA) is 106 Å². The van der Waals surface area contributed by atoms with Gasteiger partial charge in [0.25, 0.3) is 5.91 Å². The number of ether oxygens (including phenoxy) is 3. The fourth-order valence-corrected chi connectivity index (χ4v) is 4.35. The number of benzene rings is 2. The van der Waals surface area contributed by atoms with Crippen molar-refractivity contribution in [2.45, 2.75) is 20.3 Å². The molecule has 0 radical (unpaired) electrons. The van der Waals surface area contributed by atoms with Crippen LogP contribution in [0.5, 0.6) is 17.2 Å². The van der Waals surface area contributed by atoms with Crippen LogP contribution in [0, 0.1) is 21.8 Å². The van der Waals surface area contributed by atoms with Gasteiger partial charge in [0.15, 0.2) is 11.5 Å². The van der Waals surface area contributed by atoms with Crippen molar-refractivity contribution in [2.24, 2.45) is 0 Å². The number of nitrogens with one attached hydrogen (secondary N) is 1. The van der Waals surface area contributed by atoms with Crippen LogP contribution in [-0.4, -0.2) is 36.4 Å². The van der Waals surface area contributed by atoms with Crippen molar-refractivity contribution in [1.82, 2.24) is 10.2 Å². The van der Waals surface area contributed by atoms with Gasteiger partial charge in [0.05, 0.1) is 10.7 Å². The highest BCUT2D eigenvalue weighted by Gasteiger charge is 2.15. The number of hydrogen-bond donors (Lipinski definition) is 1. The third kappa shape index (κ3) is 6.91. The Bertz CT molecular complexity index is 1240. The number of methoxy groups -OCH3 is 1. The Morgan fingerprint density at radius 2 is 2.03 bits per heavy atom. The third-order valence-corrected chi connectivity index (χ3v) is 6.29. The van der Waals surface area contributed by atoms with Gasteiger partial charge in [-0.05, 0) is 77.4 Å². The molecule has 1 heterocycles. The molecule has 34 heavy (non-hydrogen) atoms. The molecule has 0 fully saturated rings. The molecular weight excluding hydrogens is 567 g/mol. The maximum atomic E-state index is 12.5. The van der Waals surface area contributed by atoms with Crippen LogP contribution in [0.25, 0.3) is 6.08 Å². The first kappa shape index (κ1) is 25.5. The molecule has 1 aromatic heterocycles. The first-order chi connectivity index (χ1) is 16.4. The van der Waals surface area contributed by atoms with Crippen molar-refractivity contribution < 1.29 is 19.0 Å². The number of amides is 1. The number of nitriles is 1. The Morgan fingerprint density at radius 1 is 1.24 bits per heavy atom. The van der Waals surface area contributed by atoms with E-state index in [0.29, 0.717) is 35.4 Å². The highest BCUT2D eigenvalue weighted by atomic mass is 127. The second-order valence-electron chi connectivity index (χ2n) is 7.03. The first-order valence-electron chi connectivity index (χ1n) is 10.4. The van der Waals surface area contributed by atoms with E-state index < -0.39 is 5.91 Å². The highest BCUT2D eigenvalue weighted by Crippen LogP contribution is 2.34. The molecule has 0 bridgehead atoms. The Morgan fingerprint density at radius 3 is 2.71 bits per heavy atom. The SMILES string of the molecule is CCc1nnc(NC(=O)C(C#N)=Cc2cc(I)c(OCCOc3cccc(C)c3)c(OC)c2)s1. The number of anilines is 1. The molecule has 0 aliphatic carbocycles. The third-order valence-electron chi connectivity index (χ3n) is 4.51. The lowest BCUT2D eigenvalue weighted by Crippen LogP contribution is -2.13. The number of aryl methyl sites for hydroxylation is 2. The minimum absolute atomic E-state index is 0.0636. The molecule has 8 nitrogen and oxygen atoms in total. The van der Waals surface area contributed by atoms with Crippen molar-refractivity contribution in [3.63, 3.8) is 0 Å². The summed E-state index contributed by atoms with van der Waals surface area (Å²) in [7, 11) is 1.54. The van der Waals surface area contributed by atoms with Crippen LogP contribution in [0.3, 0.4) is 0 Å². The largest absolute Gasteiger partial charge is 0.493 e. The van der Waals surface area contributed by atoms with Crippen LogP contribution in [0.4, 0.5) is 5.13 Å². The predicted molar refractivity (Wildman–Crippen MR) is 139 cm³/mol. The van der Waals surface area contributed by atoms with Gasteiger partial charge in [-0.1, -0.05) is 30.4 Å². The van der Waals surface area contributed by atoms with Crippen molar-refractivity contribution in [2.75, 3.05) is 25.6 Å². The number of carbonyl (C=O) groups is 1. The molecule has 0 spiro atoms. The van der Waals surface area contributed by atoms with E-state index in [4.69, 9.17) is 14.2 Å². The van der Waals surface area contributed by atoms with Crippen molar-refractivity contribution in [3.8, 4) is 23.3 Å². The molecule has 2 aromatic carbocycles. The Labute approximate surface area is 215 Å². The van der Waals surface area contributed by atoms with Crippen molar-refractivity contribution in [3.05, 3.63) is 61.7 Å². The lowest BCUT2D eigenvalue weighted by Gasteiger charge is -2.14. The maximum Gasteiger partial charge on any atom is 0.268 e.